The van der Waals surface area contributed by atoms with Gasteiger partial charge >= 0.3 is 5.97 Å². The predicted octanol–water partition coefficient (Wildman–Crippen LogP) is 3.21. The fourth-order valence-electron chi connectivity index (χ4n) is 3.07. The third-order valence-corrected chi connectivity index (χ3v) is 4.72. The quantitative estimate of drug-likeness (QED) is 0.572. The monoisotopic (exact) mass is 438 g/mol. The lowest BCUT2D eigenvalue weighted by molar-refractivity contribution is -0.116. The molecule has 0 bridgehead atoms. The molecule has 166 valence electrons. The molecular formula is C23H23FN4O4. The zero-order chi connectivity index (χ0) is 23.3. The molecule has 0 aliphatic carbocycles. The SMILES string of the molecule is CCOC(=O)c1cnn(-c2ccc(C(=O)N(C)CC(=O)Nc3ccc(F)cc3)cc2)c1C. The molecule has 1 aromatic heterocycles. The molecule has 2 amide bonds. The van der Waals surface area contributed by atoms with E-state index in [2.05, 4.69) is 10.4 Å². The number of nitrogens with zero attached hydrogens (tertiary/aromatic N) is 3. The smallest absolute Gasteiger partial charge is 0.341 e. The Hall–Kier alpha value is -4.01. The average Bonchev–Trinajstić information content (AvgIpc) is 3.16. The van der Waals surface area contributed by atoms with Crippen LogP contribution in [0.1, 0.15) is 33.3 Å². The van der Waals surface area contributed by atoms with Crippen LogP contribution in [0.5, 0.6) is 0 Å². The fraction of sp³-hybridized carbons (Fsp3) is 0.217. The lowest BCUT2D eigenvalue weighted by Gasteiger charge is -2.17. The highest BCUT2D eigenvalue weighted by atomic mass is 19.1. The van der Waals surface area contributed by atoms with Crippen LogP contribution in [0.15, 0.2) is 54.7 Å². The normalized spacial score (nSPS) is 10.5. The third-order valence-electron chi connectivity index (χ3n) is 4.72. The van der Waals surface area contributed by atoms with E-state index in [1.807, 2.05) is 0 Å². The number of ether oxygens (including phenoxy) is 1. The Bertz CT molecular complexity index is 1120. The number of anilines is 1. The van der Waals surface area contributed by atoms with Crippen LogP contribution in [0.3, 0.4) is 0 Å². The number of carbonyl (C=O) groups is 3. The molecule has 0 spiro atoms. The highest BCUT2D eigenvalue weighted by molar-refractivity contribution is 5.99. The van der Waals surface area contributed by atoms with E-state index in [1.54, 1.807) is 42.8 Å². The second-order valence-electron chi connectivity index (χ2n) is 7.04. The number of benzene rings is 2. The molecule has 3 aromatic rings. The molecule has 0 aliphatic heterocycles. The van der Waals surface area contributed by atoms with Gasteiger partial charge in [-0.25, -0.2) is 13.9 Å². The number of hydrogen-bond donors (Lipinski definition) is 1. The molecular weight excluding hydrogens is 415 g/mol. The van der Waals surface area contributed by atoms with Crippen molar-refractivity contribution < 1.29 is 23.5 Å². The van der Waals surface area contributed by atoms with Crippen LogP contribution in [-0.2, 0) is 9.53 Å². The van der Waals surface area contributed by atoms with E-state index in [1.165, 1.54) is 42.4 Å². The summed E-state index contributed by atoms with van der Waals surface area (Å²) in [4.78, 5) is 38.1. The molecule has 32 heavy (non-hydrogen) atoms. The number of hydrogen-bond acceptors (Lipinski definition) is 5. The minimum absolute atomic E-state index is 0.168. The predicted molar refractivity (Wildman–Crippen MR) is 116 cm³/mol. The van der Waals surface area contributed by atoms with Crippen molar-refractivity contribution in [1.82, 2.24) is 14.7 Å². The Morgan fingerprint density at radius 1 is 1.09 bits per heavy atom. The number of rotatable bonds is 7. The van der Waals surface area contributed by atoms with Gasteiger partial charge in [0, 0.05) is 18.3 Å². The van der Waals surface area contributed by atoms with Crippen molar-refractivity contribution in [2.75, 3.05) is 25.5 Å². The summed E-state index contributed by atoms with van der Waals surface area (Å²) in [6, 6.07) is 12.0. The van der Waals surface area contributed by atoms with Gasteiger partial charge in [0.25, 0.3) is 5.91 Å². The van der Waals surface area contributed by atoms with Gasteiger partial charge in [-0.3, -0.25) is 9.59 Å². The Labute approximate surface area is 184 Å². The zero-order valence-corrected chi connectivity index (χ0v) is 18.0. The van der Waals surface area contributed by atoms with E-state index in [0.717, 1.165) is 0 Å². The topological polar surface area (TPSA) is 93.5 Å². The molecule has 0 unspecified atom stereocenters. The molecule has 0 saturated carbocycles. The van der Waals surface area contributed by atoms with E-state index in [9.17, 15) is 18.8 Å². The zero-order valence-electron chi connectivity index (χ0n) is 18.0. The van der Waals surface area contributed by atoms with Gasteiger partial charge < -0.3 is 15.0 Å². The second-order valence-corrected chi connectivity index (χ2v) is 7.04. The lowest BCUT2D eigenvalue weighted by Crippen LogP contribution is -2.34. The van der Waals surface area contributed by atoms with E-state index in [0.29, 0.717) is 28.2 Å². The van der Waals surface area contributed by atoms with Crippen molar-refractivity contribution in [3.63, 3.8) is 0 Å². The molecule has 1 N–H and O–H groups in total. The van der Waals surface area contributed by atoms with Gasteiger partial charge in [0.2, 0.25) is 5.91 Å². The first-order valence-electron chi connectivity index (χ1n) is 9.93. The van der Waals surface area contributed by atoms with Gasteiger partial charge in [-0.2, -0.15) is 5.10 Å². The van der Waals surface area contributed by atoms with Crippen molar-refractivity contribution in [3.05, 3.63) is 77.4 Å². The number of halogens is 1. The minimum Gasteiger partial charge on any atom is -0.462 e. The molecule has 9 heteroatoms. The van der Waals surface area contributed by atoms with Crippen molar-refractivity contribution >= 4 is 23.5 Å². The number of amides is 2. The molecule has 1 heterocycles. The molecule has 8 nitrogen and oxygen atoms in total. The largest absolute Gasteiger partial charge is 0.462 e. The second kappa shape index (κ2) is 9.86. The van der Waals surface area contributed by atoms with Crippen LogP contribution >= 0.6 is 0 Å². The molecule has 0 radical (unpaired) electrons. The number of aromatic nitrogens is 2. The molecule has 0 saturated heterocycles. The van der Waals surface area contributed by atoms with Crippen LogP contribution in [0.25, 0.3) is 5.69 Å². The summed E-state index contributed by atoms with van der Waals surface area (Å²) < 4.78 is 19.6. The summed E-state index contributed by atoms with van der Waals surface area (Å²) in [6.45, 7) is 3.59. The first kappa shape index (κ1) is 22.7. The van der Waals surface area contributed by atoms with E-state index in [4.69, 9.17) is 4.74 Å². The number of nitrogens with one attached hydrogen (secondary N) is 1. The molecule has 0 aliphatic rings. The number of carbonyl (C=O) groups excluding carboxylic acids is 3. The highest BCUT2D eigenvalue weighted by Gasteiger charge is 2.18. The molecule has 0 atom stereocenters. The van der Waals surface area contributed by atoms with E-state index < -0.39 is 17.7 Å². The van der Waals surface area contributed by atoms with Gasteiger partial charge in [0.1, 0.15) is 11.4 Å². The summed E-state index contributed by atoms with van der Waals surface area (Å²) in [7, 11) is 1.52. The van der Waals surface area contributed by atoms with Gasteiger partial charge in [-0.05, 0) is 62.4 Å². The Morgan fingerprint density at radius 2 is 1.75 bits per heavy atom. The van der Waals surface area contributed by atoms with Crippen LogP contribution in [-0.4, -0.2) is 52.7 Å². The van der Waals surface area contributed by atoms with E-state index >= 15 is 0 Å². The maximum absolute atomic E-state index is 13.0. The number of likely N-dealkylation sites (N-methyl/N-ethyl adjacent to an activating group) is 1. The van der Waals surface area contributed by atoms with Crippen LogP contribution in [0.2, 0.25) is 0 Å². The maximum atomic E-state index is 13.0. The summed E-state index contributed by atoms with van der Waals surface area (Å²) in [5, 5.41) is 6.84. The number of esters is 1. The van der Waals surface area contributed by atoms with Crippen molar-refractivity contribution in [1.29, 1.82) is 0 Å². The summed E-state index contributed by atoms with van der Waals surface area (Å²) in [5.41, 5.74) is 2.50. The maximum Gasteiger partial charge on any atom is 0.341 e. The van der Waals surface area contributed by atoms with Gasteiger partial charge in [0.05, 0.1) is 30.7 Å². The standard InChI is InChI=1S/C23H23FN4O4/c1-4-32-23(31)20-13-25-28(15(20)2)19-11-5-16(6-12-19)22(30)27(3)14-21(29)26-18-9-7-17(24)8-10-18/h5-13H,4,14H2,1-3H3,(H,26,29). The average molecular weight is 438 g/mol. The lowest BCUT2D eigenvalue weighted by atomic mass is 10.1. The Kier molecular flexibility index (Phi) is 6.99. The molecule has 2 aromatic carbocycles. The first-order valence-corrected chi connectivity index (χ1v) is 9.93. The van der Waals surface area contributed by atoms with Crippen LogP contribution < -0.4 is 5.32 Å². The van der Waals surface area contributed by atoms with Crippen molar-refractivity contribution in [2.45, 2.75) is 13.8 Å². The molecule has 0 fully saturated rings. The van der Waals surface area contributed by atoms with Gasteiger partial charge in [-0.1, -0.05) is 0 Å². The summed E-state index contributed by atoms with van der Waals surface area (Å²) in [6.07, 6.45) is 1.44. The first-order chi connectivity index (χ1) is 15.3. The molecule has 3 rings (SSSR count). The highest BCUT2D eigenvalue weighted by Crippen LogP contribution is 2.17. The van der Waals surface area contributed by atoms with Crippen molar-refractivity contribution in [2.24, 2.45) is 0 Å². The fourth-order valence-corrected chi connectivity index (χ4v) is 3.07. The van der Waals surface area contributed by atoms with Gasteiger partial charge in [0.15, 0.2) is 0 Å². The Balaban J connectivity index is 1.65. The summed E-state index contributed by atoms with van der Waals surface area (Å²) >= 11 is 0. The van der Waals surface area contributed by atoms with Crippen LogP contribution in [0, 0.1) is 12.7 Å². The minimum atomic E-state index is -0.441. The summed E-state index contributed by atoms with van der Waals surface area (Å²) in [5.74, 6) is -1.58. The van der Waals surface area contributed by atoms with E-state index in [-0.39, 0.29) is 19.1 Å². The third kappa shape index (κ3) is 5.18. The van der Waals surface area contributed by atoms with Crippen molar-refractivity contribution in [3.8, 4) is 5.69 Å². The van der Waals surface area contributed by atoms with Gasteiger partial charge in [-0.15, -0.1) is 0 Å². The van der Waals surface area contributed by atoms with Crippen LogP contribution in [0.4, 0.5) is 10.1 Å². The Morgan fingerprint density at radius 3 is 2.38 bits per heavy atom.